The molecule has 0 spiro atoms. The highest BCUT2D eigenvalue weighted by Gasteiger charge is 2.39. The number of aryl methyl sites for hydroxylation is 1. The van der Waals surface area contributed by atoms with E-state index in [1.165, 1.54) is 12.1 Å². The van der Waals surface area contributed by atoms with Crippen molar-refractivity contribution in [3.05, 3.63) is 87.8 Å². The SMILES string of the molecule is CC1=C(C(=O)Nc2cccc(C(F)(F)F)c2)C(c2ccccc2C)C2=C(CCCC2=O)N1. The van der Waals surface area contributed by atoms with E-state index in [2.05, 4.69) is 10.6 Å². The highest BCUT2D eigenvalue weighted by molar-refractivity contribution is 6.09. The number of carbonyl (C=O) groups excluding carboxylic acids is 2. The number of amides is 1. The molecule has 2 aromatic rings. The van der Waals surface area contributed by atoms with Crippen LogP contribution in [0.2, 0.25) is 0 Å². The first-order valence-electron chi connectivity index (χ1n) is 10.4. The number of nitrogens with one attached hydrogen (secondary N) is 2. The molecule has 1 amide bonds. The van der Waals surface area contributed by atoms with Gasteiger partial charge in [0.15, 0.2) is 5.78 Å². The molecule has 7 heteroatoms. The number of Topliss-reactive ketones (excluding diaryl/α,β-unsaturated/α-hetero) is 1. The minimum atomic E-state index is -4.51. The fourth-order valence-electron chi connectivity index (χ4n) is 4.48. The third-order valence-electron chi connectivity index (χ3n) is 5.97. The van der Waals surface area contributed by atoms with E-state index in [0.717, 1.165) is 35.4 Å². The van der Waals surface area contributed by atoms with Crippen LogP contribution in [0.4, 0.5) is 18.9 Å². The van der Waals surface area contributed by atoms with E-state index in [4.69, 9.17) is 0 Å². The van der Waals surface area contributed by atoms with Crippen molar-refractivity contribution in [1.29, 1.82) is 0 Å². The number of ketones is 1. The lowest BCUT2D eigenvalue weighted by molar-refractivity contribution is -0.137. The van der Waals surface area contributed by atoms with Gasteiger partial charge in [-0.2, -0.15) is 13.2 Å². The Kier molecular flexibility index (Phi) is 5.67. The second-order valence-corrected chi connectivity index (χ2v) is 8.15. The summed E-state index contributed by atoms with van der Waals surface area (Å²) in [5.41, 5.74) is 3.30. The predicted octanol–water partition coefficient (Wildman–Crippen LogP) is 5.62. The molecule has 0 fully saturated rings. The van der Waals surface area contributed by atoms with Gasteiger partial charge in [-0.1, -0.05) is 30.3 Å². The molecule has 1 atom stereocenters. The van der Waals surface area contributed by atoms with E-state index in [9.17, 15) is 22.8 Å². The molecule has 2 aromatic carbocycles. The van der Waals surface area contributed by atoms with Gasteiger partial charge in [-0.15, -0.1) is 0 Å². The van der Waals surface area contributed by atoms with E-state index < -0.39 is 23.6 Å². The van der Waals surface area contributed by atoms with Crippen LogP contribution in [-0.2, 0) is 15.8 Å². The molecule has 0 aromatic heterocycles. The lowest BCUT2D eigenvalue weighted by Crippen LogP contribution is -2.35. The molecule has 2 aliphatic rings. The largest absolute Gasteiger partial charge is 0.416 e. The number of hydrogen-bond acceptors (Lipinski definition) is 3. The van der Waals surface area contributed by atoms with Gasteiger partial charge in [-0.05, 0) is 56.0 Å². The van der Waals surface area contributed by atoms with E-state index in [-0.39, 0.29) is 11.5 Å². The molecule has 0 bridgehead atoms. The molecule has 4 rings (SSSR count). The fraction of sp³-hybridized carbons (Fsp3) is 0.280. The standard InChI is InChI=1S/C25H23F3N2O2/c1-14-7-3-4-10-18(14)22-21(15(2)29-19-11-6-12-20(31)23(19)22)24(32)30-17-9-5-8-16(13-17)25(26,27)28/h3-5,7-10,13,22,29H,6,11-12H2,1-2H3,(H,30,32). The number of alkyl halides is 3. The maximum absolute atomic E-state index is 13.4. The number of halogens is 3. The Morgan fingerprint density at radius 3 is 2.53 bits per heavy atom. The predicted molar refractivity (Wildman–Crippen MR) is 116 cm³/mol. The third-order valence-corrected chi connectivity index (χ3v) is 5.97. The monoisotopic (exact) mass is 440 g/mol. The highest BCUT2D eigenvalue weighted by Crippen LogP contribution is 2.43. The summed E-state index contributed by atoms with van der Waals surface area (Å²) >= 11 is 0. The van der Waals surface area contributed by atoms with Crippen LogP contribution in [0, 0.1) is 6.92 Å². The Hall–Kier alpha value is -3.35. The molecular weight excluding hydrogens is 417 g/mol. The van der Waals surface area contributed by atoms with Crippen LogP contribution >= 0.6 is 0 Å². The van der Waals surface area contributed by atoms with Gasteiger partial charge in [0.05, 0.1) is 5.56 Å². The van der Waals surface area contributed by atoms with Gasteiger partial charge in [-0.25, -0.2) is 0 Å². The first kappa shape index (κ1) is 21.9. The molecule has 32 heavy (non-hydrogen) atoms. The van der Waals surface area contributed by atoms with Crippen molar-refractivity contribution in [2.45, 2.75) is 45.2 Å². The summed E-state index contributed by atoms with van der Waals surface area (Å²) in [4.78, 5) is 26.3. The molecule has 1 heterocycles. The first-order chi connectivity index (χ1) is 15.2. The number of dihydropyridines is 1. The van der Waals surface area contributed by atoms with Crippen molar-refractivity contribution in [2.24, 2.45) is 0 Å². The Balaban J connectivity index is 1.77. The van der Waals surface area contributed by atoms with Gasteiger partial charge in [0.2, 0.25) is 0 Å². The molecule has 0 radical (unpaired) electrons. The molecule has 0 saturated heterocycles. The number of anilines is 1. The fourth-order valence-corrected chi connectivity index (χ4v) is 4.48. The lowest BCUT2D eigenvalue weighted by atomic mass is 9.74. The molecule has 2 N–H and O–H groups in total. The van der Waals surface area contributed by atoms with Crippen LogP contribution in [0.15, 0.2) is 71.1 Å². The summed E-state index contributed by atoms with van der Waals surface area (Å²) in [6, 6.07) is 12.1. The Morgan fingerprint density at radius 1 is 1.06 bits per heavy atom. The van der Waals surface area contributed by atoms with Crippen molar-refractivity contribution in [3.8, 4) is 0 Å². The van der Waals surface area contributed by atoms with Gasteiger partial charge < -0.3 is 10.6 Å². The van der Waals surface area contributed by atoms with E-state index in [1.807, 2.05) is 31.2 Å². The molecular formula is C25H23F3N2O2. The summed E-state index contributed by atoms with van der Waals surface area (Å²) in [5.74, 6) is -1.12. The zero-order valence-corrected chi connectivity index (χ0v) is 17.8. The van der Waals surface area contributed by atoms with Crippen molar-refractivity contribution < 1.29 is 22.8 Å². The van der Waals surface area contributed by atoms with E-state index in [1.54, 1.807) is 6.92 Å². The van der Waals surface area contributed by atoms with E-state index in [0.29, 0.717) is 29.7 Å². The Bertz CT molecular complexity index is 1160. The number of benzene rings is 2. The smallest absolute Gasteiger partial charge is 0.362 e. The molecule has 1 aliphatic carbocycles. The molecule has 4 nitrogen and oxygen atoms in total. The zero-order valence-electron chi connectivity index (χ0n) is 17.8. The molecule has 0 saturated carbocycles. The average molecular weight is 440 g/mol. The third kappa shape index (κ3) is 4.07. The van der Waals surface area contributed by atoms with Crippen molar-refractivity contribution in [1.82, 2.24) is 5.32 Å². The van der Waals surface area contributed by atoms with Crippen LogP contribution in [0.25, 0.3) is 0 Å². The van der Waals surface area contributed by atoms with Gasteiger partial charge in [0.1, 0.15) is 0 Å². The Morgan fingerprint density at radius 2 is 1.81 bits per heavy atom. The maximum Gasteiger partial charge on any atom is 0.416 e. The quantitative estimate of drug-likeness (QED) is 0.651. The number of allylic oxidation sites excluding steroid dienone is 3. The van der Waals surface area contributed by atoms with Crippen LogP contribution in [0.5, 0.6) is 0 Å². The van der Waals surface area contributed by atoms with Crippen LogP contribution in [0.1, 0.15) is 48.8 Å². The van der Waals surface area contributed by atoms with Crippen LogP contribution < -0.4 is 10.6 Å². The van der Waals surface area contributed by atoms with Gasteiger partial charge in [0, 0.05) is 40.6 Å². The second kappa shape index (κ2) is 8.30. The lowest BCUT2D eigenvalue weighted by Gasteiger charge is -2.35. The van der Waals surface area contributed by atoms with Gasteiger partial charge >= 0.3 is 6.18 Å². The maximum atomic E-state index is 13.4. The summed E-state index contributed by atoms with van der Waals surface area (Å²) in [7, 11) is 0. The minimum absolute atomic E-state index is 0.0103. The average Bonchev–Trinajstić information content (AvgIpc) is 2.73. The van der Waals surface area contributed by atoms with Gasteiger partial charge in [0.25, 0.3) is 5.91 Å². The van der Waals surface area contributed by atoms with E-state index >= 15 is 0 Å². The second-order valence-electron chi connectivity index (χ2n) is 8.15. The Labute approximate surface area is 184 Å². The van der Waals surface area contributed by atoms with Gasteiger partial charge in [-0.3, -0.25) is 9.59 Å². The molecule has 166 valence electrons. The van der Waals surface area contributed by atoms with Crippen LogP contribution in [0.3, 0.4) is 0 Å². The minimum Gasteiger partial charge on any atom is -0.362 e. The zero-order chi connectivity index (χ0) is 23.0. The summed E-state index contributed by atoms with van der Waals surface area (Å²) < 4.78 is 39.3. The normalized spacial score (nSPS) is 18.9. The highest BCUT2D eigenvalue weighted by atomic mass is 19.4. The number of hydrogen-bond donors (Lipinski definition) is 2. The summed E-state index contributed by atoms with van der Waals surface area (Å²) in [5, 5.41) is 5.83. The van der Waals surface area contributed by atoms with Crippen molar-refractivity contribution >= 4 is 17.4 Å². The van der Waals surface area contributed by atoms with Crippen LogP contribution in [-0.4, -0.2) is 11.7 Å². The molecule has 1 unspecified atom stereocenters. The topological polar surface area (TPSA) is 58.2 Å². The molecule has 1 aliphatic heterocycles. The number of rotatable bonds is 3. The summed E-state index contributed by atoms with van der Waals surface area (Å²) in [6.45, 7) is 3.68. The summed E-state index contributed by atoms with van der Waals surface area (Å²) in [6.07, 6.45) is -2.65. The van der Waals surface area contributed by atoms with Crippen molar-refractivity contribution in [2.75, 3.05) is 5.32 Å². The first-order valence-corrected chi connectivity index (χ1v) is 10.4. The van der Waals surface area contributed by atoms with Crippen molar-refractivity contribution in [3.63, 3.8) is 0 Å². The number of carbonyl (C=O) groups is 2.